The second-order valence-electron chi connectivity index (χ2n) is 8.54. The lowest BCUT2D eigenvalue weighted by molar-refractivity contribution is -0.137. The normalized spacial score (nSPS) is 11.9. The maximum atomic E-state index is 13.0. The van der Waals surface area contributed by atoms with Crippen LogP contribution in [0.4, 0.5) is 13.2 Å². The number of para-hydroxylation sites is 1. The number of hydrogen-bond donors (Lipinski definition) is 0. The molecule has 0 amide bonds. The molecule has 4 heteroatoms. The van der Waals surface area contributed by atoms with Crippen LogP contribution in [-0.4, -0.2) is 0 Å². The largest absolute Gasteiger partial charge is 0.456 e. The van der Waals surface area contributed by atoms with Crippen LogP contribution in [-0.2, 0) is 6.18 Å². The van der Waals surface area contributed by atoms with Gasteiger partial charge in [0.05, 0.1) is 5.56 Å². The van der Waals surface area contributed by atoms with E-state index in [2.05, 4.69) is 42.5 Å². The summed E-state index contributed by atoms with van der Waals surface area (Å²) in [4.78, 5) is 0. The van der Waals surface area contributed by atoms with Crippen molar-refractivity contribution in [3.8, 4) is 33.4 Å². The smallest absolute Gasteiger partial charge is 0.416 e. The van der Waals surface area contributed by atoms with Gasteiger partial charge in [0.15, 0.2) is 0 Å². The van der Waals surface area contributed by atoms with Gasteiger partial charge in [-0.1, -0.05) is 84.9 Å². The molecule has 1 heterocycles. The van der Waals surface area contributed by atoms with Gasteiger partial charge in [0.2, 0.25) is 0 Å². The third-order valence-corrected chi connectivity index (χ3v) is 6.34. The van der Waals surface area contributed by atoms with Gasteiger partial charge < -0.3 is 4.42 Å². The Balaban J connectivity index is 1.28. The summed E-state index contributed by atoms with van der Waals surface area (Å²) in [6, 6.07) is 35.5. The van der Waals surface area contributed by atoms with Crippen LogP contribution in [0.3, 0.4) is 0 Å². The second kappa shape index (κ2) is 8.17. The molecule has 0 aliphatic carbocycles. The lowest BCUT2D eigenvalue weighted by Gasteiger charge is -2.10. The molecule has 0 saturated carbocycles. The highest BCUT2D eigenvalue weighted by Gasteiger charge is 2.30. The molecule has 1 aromatic heterocycles. The zero-order valence-electron chi connectivity index (χ0n) is 18.5. The highest BCUT2D eigenvalue weighted by Crippen LogP contribution is 2.34. The van der Waals surface area contributed by atoms with Gasteiger partial charge in [0.25, 0.3) is 0 Å². The first-order chi connectivity index (χ1) is 17.0. The van der Waals surface area contributed by atoms with E-state index in [4.69, 9.17) is 4.42 Å². The Morgan fingerprint density at radius 2 is 0.943 bits per heavy atom. The minimum atomic E-state index is -4.35. The molecule has 0 unspecified atom stereocenters. The van der Waals surface area contributed by atoms with Crippen molar-refractivity contribution in [1.82, 2.24) is 0 Å². The Hall–Kier alpha value is -4.31. The molecule has 0 atom stereocenters. The fourth-order valence-corrected chi connectivity index (χ4v) is 4.49. The number of hydrogen-bond acceptors (Lipinski definition) is 1. The summed E-state index contributed by atoms with van der Waals surface area (Å²) in [7, 11) is 0. The third-order valence-electron chi connectivity index (χ3n) is 6.34. The van der Waals surface area contributed by atoms with Crippen LogP contribution < -0.4 is 0 Å². The van der Waals surface area contributed by atoms with E-state index in [1.807, 2.05) is 48.5 Å². The van der Waals surface area contributed by atoms with Crippen LogP contribution in [0.15, 0.2) is 120 Å². The molecule has 170 valence electrons. The van der Waals surface area contributed by atoms with Gasteiger partial charge in [-0.15, -0.1) is 0 Å². The number of benzene rings is 5. The Morgan fingerprint density at radius 3 is 1.57 bits per heavy atom. The number of furan rings is 1. The first-order valence-electron chi connectivity index (χ1n) is 11.3. The van der Waals surface area contributed by atoms with E-state index in [9.17, 15) is 13.2 Å². The van der Waals surface area contributed by atoms with Crippen LogP contribution in [0, 0.1) is 0 Å². The Morgan fingerprint density at radius 1 is 0.429 bits per heavy atom. The minimum absolute atomic E-state index is 0.545. The summed E-state index contributed by atoms with van der Waals surface area (Å²) in [5.74, 6) is 0. The van der Waals surface area contributed by atoms with Crippen LogP contribution in [0.5, 0.6) is 0 Å². The van der Waals surface area contributed by atoms with Crippen molar-refractivity contribution in [2.45, 2.75) is 6.18 Å². The molecule has 5 aromatic carbocycles. The number of alkyl halides is 3. The average Bonchev–Trinajstić information content (AvgIpc) is 3.26. The molecule has 0 radical (unpaired) electrons. The summed E-state index contributed by atoms with van der Waals surface area (Å²) in [5.41, 5.74) is 6.65. The highest BCUT2D eigenvalue weighted by atomic mass is 19.4. The monoisotopic (exact) mass is 464 g/mol. The summed E-state index contributed by atoms with van der Waals surface area (Å²) >= 11 is 0. The predicted octanol–water partition coefficient (Wildman–Crippen LogP) is 9.61. The lowest BCUT2D eigenvalue weighted by atomic mass is 9.97. The van der Waals surface area contributed by atoms with E-state index in [1.165, 1.54) is 12.1 Å². The van der Waals surface area contributed by atoms with Crippen LogP contribution in [0.2, 0.25) is 0 Å². The number of rotatable bonds is 3. The maximum Gasteiger partial charge on any atom is 0.416 e. The molecule has 35 heavy (non-hydrogen) atoms. The van der Waals surface area contributed by atoms with Crippen LogP contribution >= 0.6 is 0 Å². The van der Waals surface area contributed by atoms with Gasteiger partial charge in [-0.05, 0) is 63.7 Å². The SMILES string of the molecule is FC(F)(F)c1cccc(-c2ccc(-c3ccc(-c4ccc5oc6ccccc6c5c4)cc3)cc2)c1. The first kappa shape index (κ1) is 21.2. The Labute approximate surface area is 200 Å². The zero-order valence-corrected chi connectivity index (χ0v) is 18.5. The number of fused-ring (bicyclic) bond motifs is 3. The van der Waals surface area contributed by atoms with E-state index >= 15 is 0 Å². The summed E-state index contributed by atoms with van der Waals surface area (Å²) in [5, 5.41) is 2.19. The molecule has 0 fully saturated rings. The van der Waals surface area contributed by atoms with Crippen molar-refractivity contribution >= 4 is 21.9 Å². The van der Waals surface area contributed by atoms with E-state index < -0.39 is 11.7 Å². The molecular weight excluding hydrogens is 445 g/mol. The standard InChI is InChI=1S/C31H19F3O/c32-31(33,34)26-5-3-4-24(18-26)22-12-8-20(9-13-22)21-10-14-23(15-11-21)25-16-17-30-28(19-25)27-6-1-2-7-29(27)35-30/h1-19H. The van der Waals surface area contributed by atoms with Gasteiger partial charge in [-0.3, -0.25) is 0 Å². The fourth-order valence-electron chi connectivity index (χ4n) is 4.49. The third kappa shape index (κ3) is 3.97. The molecule has 6 aromatic rings. The van der Waals surface area contributed by atoms with Crippen molar-refractivity contribution < 1.29 is 17.6 Å². The lowest BCUT2D eigenvalue weighted by Crippen LogP contribution is -2.04. The van der Waals surface area contributed by atoms with Crippen molar-refractivity contribution in [2.75, 3.05) is 0 Å². The molecule has 0 spiro atoms. The quantitative estimate of drug-likeness (QED) is 0.254. The maximum absolute atomic E-state index is 13.0. The highest BCUT2D eigenvalue weighted by molar-refractivity contribution is 6.06. The molecule has 0 N–H and O–H groups in total. The molecule has 1 nitrogen and oxygen atoms in total. The number of halogens is 3. The van der Waals surface area contributed by atoms with Gasteiger partial charge in [0, 0.05) is 10.8 Å². The molecule has 0 bridgehead atoms. The van der Waals surface area contributed by atoms with Crippen LogP contribution in [0.1, 0.15) is 5.56 Å². The first-order valence-corrected chi connectivity index (χ1v) is 11.3. The van der Waals surface area contributed by atoms with Crippen molar-refractivity contribution in [2.24, 2.45) is 0 Å². The van der Waals surface area contributed by atoms with Crippen molar-refractivity contribution in [1.29, 1.82) is 0 Å². The average molecular weight is 464 g/mol. The molecule has 6 rings (SSSR count). The molecular formula is C31H19F3O. The predicted molar refractivity (Wildman–Crippen MR) is 135 cm³/mol. The summed E-state index contributed by atoms with van der Waals surface area (Å²) < 4.78 is 45.1. The summed E-state index contributed by atoms with van der Waals surface area (Å²) in [6.45, 7) is 0. The van der Waals surface area contributed by atoms with E-state index in [0.29, 0.717) is 5.56 Å². The van der Waals surface area contributed by atoms with Gasteiger partial charge in [-0.25, -0.2) is 0 Å². The van der Waals surface area contributed by atoms with Crippen molar-refractivity contribution in [3.63, 3.8) is 0 Å². The van der Waals surface area contributed by atoms with Crippen LogP contribution in [0.25, 0.3) is 55.3 Å². The molecule has 0 saturated heterocycles. The fraction of sp³-hybridized carbons (Fsp3) is 0.0323. The van der Waals surface area contributed by atoms with E-state index in [0.717, 1.165) is 55.8 Å². The van der Waals surface area contributed by atoms with Gasteiger partial charge in [-0.2, -0.15) is 13.2 Å². The molecule has 0 aliphatic rings. The molecule has 0 aliphatic heterocycles. The minimum Gasteiger partial charge on any atom is -0.456 e. The van der Waals surface area contributed by atoms with E-state index in [-0.39, 0.29) is 0 Å². The Bertz CT molecular complexity index is 1660. The van der Waals surface area contributed by atoms with Crippen molar-refractivity contribution in [3.05, 3.63) is 121 Å². The van der Waals surface area contributed by atoms with E-state index in [1.54, 1.807) is 6.07 Å². The topological polar surface area (TPSA) is 13.1 Å². The Kier molecular flexibility index (Phi) is 4.96. The van der Waals surface area contributed by atoms with Gasteiger partial charge in [0.1, 0.15) is 11.2 Å². The van der Waals surface area contributed by atoms with Gasteiger partial charge >= 0.3 is 6.18 Å². The zero-order chi connectivity index (χ0) is 24.0. The second-order valence-corrected chi connectivity index (χ2v) is 8.54. The summed E-state index contributed by atoms with van der Waals surface area (Å²) in [6.07, 6.45) is -4.35.